The van der Waals surface area contributed by atoms with Gasteiger partial charge >= 0.3 is 0 Å². The molecule has 0 spiro atoms. The Morgan fingerprint density at radius 1 is 1.62 bits per heavy atom. The highest BCUT2D eigenvalue weighted by Gasteiger charge is 2.09. The highest BCUT2D eigenvalue weighted by atomic mass is 14.6. The highest BCUT2D eigenvalue weighted by molar-refractivity contribution is 5.79. The molecule has 1 heteroatoms. The molecular formula is C12H17N. The van der Waals surface area contributed by atoms with Crippen LogP contribution in [0.1, 0.15) is 20.3 Å². The van der Waals surface area contributed by atoms with E-state index < -0.39 is 0 Å². The lowest BCUT2D eigenvalue weighted by Gasteiger charge is -2.15. The first-order valence-electron chi connectivity index (χ1n) is 4.71. The standard InChI is InChI=1S/C12H17N/c1-4-11(9-13-3)12-7-5-10(2)6-8-12/h4-7,9,12H,8H2,1-3H3/b11-4+,13-9?. The number of allylic oxidation sites excluding steroid dienone is 6. The zero-order chi connectivity index (χ0) is 9.68. The van der Waals surface area contributed by atoms with E-state index in [1.807, 2.05) is 13.3 Å². The molecule has 70 valence electrons. The predicted octanol–water partition coefficient (Wildman–Crippen LogP) is 3.16. The quantitative estimate of drug-likeness (QED) is 0.572. The molecule has 0 fully saturated rings. The van der Waals surface area contributed by atoms with Crippen molar-refractivity contribution in [2.75, 3.05) is 7.05 Å². The monoisotopic (exact) mass is 175 g/mol. The number of aliphatic imine (C=N–C) groups is 1. The lowest BCUT2D eigenvalue weighted by Crippen LogP contribution is -2.04. The first-order valence-corrected chi connectivity index (χ1v) is 4.71. The molecule has 0 saturated carbocycles. The summed E-state index contributed by atoms with van der Waals surface area (Å²) in [4.78, 5) is 4.05. The number of hydrogen-bond donors (Lipinski definition) is 0. The van der Waals surface area contributed by atoms with Crippen LogP contribution in [0.3, 0.4) is 0 Å². The van der Waals surface area contributed by atoms with E-state index in [4.69, 9.17) is 0 Å². The predicted molar refractivity (Wildman–Crippen MR) is 59.2 cm³/mol. The van der Waals surface area contributed by atoms with E-state index in [1.54, 1.807) is 0 Å². The van der Waals surface area contributed by atoms with Gasteiger partial charge < -0.3 is 0 Å². The molecule has 0 aliphatic heterocycles. The first kappa shape index (κ1) is 9.97. The molecule has 1 atom stereocenters. The molecule has 13 heavy (non-hydrogen) atoms. The smallest absolute Gasteiger partial charge is 0.0277 e. The summed E-state index contributed by atoms with van der Waals surface area (Å²) in [5.74, 6) is 0.525. The summed E-state index contributed by atoms with van der Waals surface area (Å²) in [5.41, 5.74) is 2.67. The maximum absolute atomic E-state index is 4.05. The van der Waals surface area contributed by atoms with Gasteiger partial charge in [-0.25, -0.2) is 0 Å². The molecule has 0 aromatic carbocycles. The zero-order valence-electron chi connectivity index (χ0n) is 8.62. The zero-order valence-corrected chi connectivity index (χ0v) is 8.62. The average Bonchev–Trinajstić information content (AvgIpc) is 2.16. The van der Waals surface area contributed by atoms with Crippen LogP contribution in [0.25, 0.3) is 0 Å². The third-order valence-electron chi connectivity index (χ3n) is 2.32. The van der Waals surface area contributed by atoms with Crippen LogP contribution in [0, 0.1) is 5.92 Å². The maximum atomic E-state index is 4.05. The molecule has 0 saturated heterocycles. The van der Waals surface area contributed by atoms with Gasteiger partial charge in [0.1, 0.15) is 0 Å². The van der Waals surface area contributed by atoms with Crippen LogP contribution < -0.4 is 0 Å². The second-order valence-electron chi connectivity index (χ2n) is 3.33. The fourth-order valence-corrected chi connectivity index (χ4v) is 1.51. The first-order chi connectivity index (χ1) is 6.27. The highest BCUT2D eigenvalue weighted by Crippen LogP contribution is 2.22. The van der Waals surface area contributed by atoms with E-state index in [0.29, 0.717) is 5.92 Å². The Balaban J connectivity index is 2.70. The van der Waals surface area contributed by atoms with Crippen LogP contribution >= 0.6 is 0 Å². The summed E-state index contributed by atoms with van der Waals surface area (Å²) in [5, 5.41) is 0. The molecule has 0 aromatic rings. The van der Waals surface area contributed by atoms with Crippen molar-refractivity contribution in [2.45, 2.75) is 20.3 Å². The Morgan fingerprint density at radius 3 is 2.85 bits per heavy atom. The van der Waals surface area contributed by atoms with Crippen molar-refractivity contribution in [1.82, 2.24) is 0 Å². The van der Waals surface area contributed by atoms with Gasteiger partial charge in [-0.15, -0.1) is 0 Å². The minimum Gasteiger partial charge on any atom is -0.296 e. The van der Waals surface area contributed by atoms with Crippen LogP contribution in [0.15, 0.2) is 40.4 Å². The molecule has 0 amide bonds. The number of nitrogens with zero attached hydrogens (tertiary/aromatic N) is 1. The van der Waals surface area contributed by atoms with Crippen LogP contribution in [-0.2, 0) is 0 Å². The largest absolute Gasteiger partial charge is 0.296 e. The van der Waals surface area contributed by atoms with Crippen molar-refractivity contribution in [3.8, 4) is 0 Å². The van der Waals surface area contributed by atoms with Gasteiger partial charge in [0.15, 0.2) is 0 Å². The van der Waals surface area contributed by atoms with Crippen LogP contribution in [0.4, 0.5) is 0 Å². The molecule has 1 rings (SSSR count). The summed E-state index contributed by atoms with van der Waals surface area (Å²) in [6.45, 7) is 4.20. The lowest BCUT2D eigenvalue weighted by atomic mass is 9.90. The van der Waals surface area contributed by atoms with Gasteiger partial charge in [-0.1, -0.05) is 29.9 Å². The van der Waals surface area contributed by atoms with Crippen molar-refractivity contribution in [2.24, 2.45) is 10.9 Å². The minimum absolute atomic E-state index is 0.525. The molecule has 0 heterocycles. The summed E-state index contributed by atoms with van der Waals surface area (Å²) in [7, 11) is 1.82. The Morgan fingerprint density at radius 2 is 2.38 bits per heavy atom. The Hall–Kier alpha value is -1.11. The van der Waals surface area contributed by atoms with Gasteiger partial charge in [0.05, 0.1) is 0 Å². The Labute approximate surface area is 80.6 Å². The van der Waals surface area contributed by atoms with E-state index in [9.17, 15) is 0 Å². The molecular weight excluding hydrogens is 158 g/mol. The van der Waals surface area contributed by atoms with Crippen molar-refractivity contribution >= 4 is 6.21 Å². The van der Waals surface area contributed by atoms with Crippen molar-refractivity contribution in [3.63, 3.8) is 0 Å². The normalized spacial score (nSPS) is 23.8. The summed E-state index contributed by atoms with van der Waals surface area (Å²) < 4.78 is 0. The van der Waals surface area contributed by atoms with Gasteiger partial charge in [0, 0.05) is 19.2 Å². The summed E-state index contributed by atoms with van der Waals surface area (Å²) in [6, 6.07) is 0. The third-order valence-corrected chi connectivity index (χ3v) is 2.32. The van der Waals surface area contributed by atoms with Crippen molar-refractivity contribution in [1.29, 1.82) is 0 Å². The van der Waals surface area contributed by atoms with Crippen molar-refractivity contribution < 1.29 is 0 Å². The summed E-state index contributed by atoms with van der Waals surface area (Å²) in [6.07, 6.45) is 11.9. The maximum Gasteiger partial charge on any atom is 0.0277 e. The van der Waals surface area contributed by atoms with E-state index >= 15 is 0 Å². The van der Waals surface area contributed by atoms with Crippen LogP contribution in [0.2, 0.25) is 0 Å². The molecule has 0 aromatic heterocycles. The van der Waals surface area contributed by atoms with E-state index in [-0.39, 0.29) is 0 Å². The second-order valence-corrected chi connectivity index (χ2v) is 3.33. The molecule has 1 unspecified atom stereocenters. The average molecular weight is 175 g/mol. The number of rotatable bonds is 2. The minimum atomic E-state index is 0.525. The molecule has 1 nitrogen and oxygen atoms in total. The van der Waals surface area contributed by atoms with Gasteiger partial charge in [-0.2, -0.15) is 0 Å². The fraction of sp³-hybridized carbons (Fsp3) is 0.417. The molecule has 1 aliphatic carbocycles. The van der Waals surface area contributed by atoms with Crippen LogP contribution in [0.5, 0.6) is 0 Å². The SMILES string of the molecule is C/C=C(\C=NC)C1C=CC(C)=CC1. The second kappa shape index (κ2) is 4.80. The molecule has 1 aliphatic rings. The van der Waals surface area contributed by atoms with Gasteiger partial charge in [-0.05, 0) is 25.8 Å². The van der Waals surface area contributed by atoms with Crippen LogP contribution in [-0.4, -0.2) is 13.3 Å². The third kappa shape index (κ3) is 2.69. The van der Waals surface area contributed by atoms with Gasteiger partial charge in [0.2, 0.25) is 0 Å². The molecule has 0 N–H and O–H groups in total. The number of hydrogen-bond acceptors (Lipinski definition) is 1. The summed E-state index contributed by atoms with van der Waals surface area (Å²) >= 11 is 0. The fourth-order valence-electron chi connectivity index (χ4n) is 1.51. The Bertz CT molecular complexity index is 279. The molecule has 0 bridgehead atoms. The van der Waals surface area contributed by atoms with E-state index in [2.05, 4.69) is 43.1 Å². The van der Waals surface area contributed by atoms with E-state index in [0.717, 1.165) is 6.42 Å². The van der Waals surface area contributed by atoms with E-state index in [1.165, 1.54) is 11.1 Å². The molecule has 0 radical (unpaired) electrons. The van der Waals surface area contributed by atoms with Gasteiger partial charge in [-0.3, -0.25) is 4.99 Å². The lowest BCUT2D eigenvalue weighted by molar-refractivity contribution is 0.791. The Kier molecular flexibility index (Phi) is 3.69. The van der Waals surface area contributed by atoms with Crippen molar-refractivity contribution in [3.05, 3.63) is 35.5 Å². The topological polar surface area (TPSA) is 12.4 Å². The van der Waals surface area contributed by atoms with Gasteiger partial charge in [0.25, 0.3) is 0 Å².